The molecular formula is C19H20FN3O2. The van der Waals surface area contributed by atoms with E-state index in [1.807, 2.05) is 19.9 Å². The molecule has 0 radical (unpaired) electrons. The summed E-state index contributed by atoms with van der Waals surface area (Å²) in [7, 11) is 0. The van der Waals surface area contributed by atoms with Crippen LogP contribution in [-0.4, -0.2) is 30.5 Å². The van der Waals surface area contributed by atoms with Gasteiger partial charge in [0.05, 0.1) is 18.2 Å². The van der Waals surface area contributed by atoms with Gasteiger partial charge in [-0.05, 0) is 44.2 Å². The van der Waals surface area contributed by atoms with Gasteiger partial charge in [0.25, 0.3) is 0 Å². The van der Waals surface area contributed by atoms with Crippen LogP contribution in [0.5, 0.6) is 11.6 Å². The number of aromatic nitrogens is 1. The summed E-state index contributed by atoms with van der Waals surface area (Å²) in [5, 5.41) is 10.7. The van der Waals surface area contributed by atoms with Gasteiger partial charge in [-0.2, -0.15) is 0 Å². The van der Waals surface area contributed by atoms with Gasteiger partial charge < -0.3 is 20.2 Å². The summed E-state index contributed by atoms with van der Waals surface area (Å²) < 4.78 is 25.1. The third kappa shape index (κ3) is 3.63. The fourth-order valence-electron chi connectivity index (χ4n) is 2.73. The van der Waals surface area contributed by atoms with Crippen molar-refractivity contribution in [2.45, 2.75) is 19.9 Å². The highest BCUT2D eigenvalue weighted by Crippen LogP contribution is 2.35. The molecule has 1 aromatic heterocycles. The van der Waals surface area contributed by atoms with Gasteiger partial charge in [-0.3, -0.25) is 0 Å². The van der Waals surface area contributed by atoms with Crippen LogP contribution in [0.3, 0.4) is 0 Å². The van der Waals surface area contributed by atoms with Gasteiger partial charge in [0.2, 0.25) is 5.88 Å². The molecule has 0 spiro atoms. The van der Waals surface area contributed by atoms with Crippen molar-refractivity contribution in [3.05, 3.63) is 47.9 Å². The van der Waals surface area contributed by atoms with Crippen LogP contribution in [0, 0.1) is 11.2 Å². The van der Waals surface area contributed by atoms with Gasteiger partial charge in [0, 0.05) is 29.2 Å². The fourth-order valence-corrected chi connectivity index (χ4v) is 2.73. The summed E-state index contributed by atoms with van der Waals surface area (Å²) in [6, 6.07) is 6.38. The van der Waals surface area contributed by atoms with E-state index in [4.69, 9.17) is 14.9 Å². The summed E-state index contributed by atoms with van der Waals surface area (Å²) in [6.45, 7) is 4.83. The van der Waals surface area contributed by atoms with E-state index in [0.717, 1.165) is 16.8 Å². The second-order valence-corrected chi connectivity index (χ2v) is 5.75. The molecule has 1 atom stereocenters. The highest BCUT2D eigenvalue weighted by Gasteiger charge is 2.20. The van der Waals surface area contributed by atoms with E-state index in [9.17, 15) is 4.39 Å². The highest BCUT2D eigenvalue weighted by molar-refractivity contribution is 5.85. The smallest absolute Gasteiger partial charge is 0.222 e. The molecule has 1 aliphatic rings. The minimum absolute atomic E-state index is 0.0806. The fraction of sp³-hybridized carbons (Fsp3) is 0.263. The molecule has 0 aliphatic carbocycles. The molecule has 1 aromatic carbocycles. The van der Waals surface area contributed by atoms with E-state index in [1.54, 1.807) is 18.3 Å². The topological polar surface area (TPSA) is 67.2 Å². The number of nitrogens with zero attached hydrogens (tertiary/aromatic N) is 1. The Balaban J connectivity index is 2.12. The van der Waals surface area contributed by atoms with Crippen LogP contribution in [0.2, 0.25) is 0 Å². The minimum atomic E-state index is -0.341. The molecule has 2 heterocycles. The number of halogens is 1. The molecule has 2 aromatic rings. The molecule has 6 heteroatoms. The number of pyridine rings is 1. The van der Waals surface area contributed by atoms with Crippen LogP contribution in [0.25, 0.3) is 16.8 Å². The standard InChI is InChI=1S/C19H20FN3O2/c1-3-24-18-5-4-14(20)9-15(18)13-8-16-17(6-7-21)23-12(2)11-25-19(16)22-10-13/h4-10,12,21,23H,3,11H2,1-2H3/b17-6-,21-7?. The summed E-state index contributed by atoms with van der Waals surface area (Å²) in [4.78, 5) is 4.40. The summed E-state index contributed by atoms with van der Waals surface area (Å²) in [5.41, 5.74) is 2.83. The molecular weight excluding hydrogens is 321 g/mol. The van der Waals surface area contributed by atoms with Gasteiger partial charge in [0.15, 0.2) is 0 Å². The molecule has 2 N–H and O–H groups in total. The van der Waals surface area contributed by atoms with E-state index in [2.05, 4.69) is 10.3 Å². The number of hydrogen-bond acceptors (Lipinski definition) is 5. The second kappa shape index (κ2) is 7.34. The molecule has 0 bridgehead atoms. The van der Waals surface area contributed by atoms with Crippen molar-refractivity contribution in [3.8, 4) is 22.8 Å². The number of nitrogens with one attached hydrogen (secondary N) is 2. The maximum atomic E-state index is 13.8. The van der Waals surface area contributed by atoms with Crippen LogP contribution >= 0.6 is 0 Å². The Morgan fingerprint density at radius 3 is 3.00 bits per heavy atom. The SMILES string of the molecule is CCOc1ccc(F)cc1-c1cnc2c(c1)/C(=C/C=N)NC(C)CO2. The van der Waals surface area contributed by atoms with Crippen LogP contribution in [-0.2, 0) is 0 Å². The van der Waals surface area contributed by atoms with Crippen molar-refractivity contribution < 1.29 is 13.9 Å². The first kappa shape index (κ1) is 17.0. The zero-order valence-electron chi connectivity index (χ0n) is 14.2. The average molecular weight is 341 g/mol. The molecule has 130 valence electrons. The zero-order chi connectivity index (χ0) is 17.8. The number of allylic oxidation sites excluding steroid dienone is 1. The Bertz CT molecular complexity index is 820. The Morgan fingerprint density at radius 2 is 2.24 bits per heavy atom. The van der Waals surface area contributed by atoms with E-state index in [1.165, 1.54) is 18.3 Å². The van der Waals surface area contributed by atoms with Crippen molar-refractivity contribution in [3.63, 3.8) is 0 Å². The van der Waals surface area contributed by atoms with Crippen molar-refractivity contribution >= 4 is 11.9 Å². The van der Waals surface area contributed by atoms with E-state index in [-0.39, 0.29) is 11.9 Å². The maximum absolute atomic E-state index is 13.8. The molecule has 0 amide bonds. The van der Waals surface area contributed by atoms with Crippen LogP contribution < -0.4 is 14.8 Å². The summed E-state index contributed by atoms with van der Waals surface area (Å²) >= 11 is 0. The molecule has 5 nitrogen and oxygen atoms in total. The molecule has 0 saturated carbocycles. The lowest BCUT2D eigenvalue weighted by Gasteiger charge is -2.14. The average Bonchev–Trinajstić information content (AvgIpc) is 2.76. The van der Waals surface area contributed by atoms with Crippen LogP contribution in [0.1, 0.15) is 19.4 Å². The summed E-state index contributed by atoms with van der Waals surface area (Å²) in [6.07, 6.45) is 4.52. The summed E-state index contributed by atoms with van der Waals surface area (Å²) in [5.74, 6) is 0.744. The third-order valence-corrected chi connectivity index (χ3v) is 3.82. The van der Waals surface area contributed by atoms with Crippen molar-refractivity contribution in [2.24, 2.45) is 0 Å². The number of benzene rings is 1. The number of ether oxygens (including phenoxy) is 2. The molecule has 0 saturated heterocycles. The maximum Gasteiger partial charge on any atom is 0.222 e. The second-order valence-electron chi connectivity index (χ2n) is 5.75. The normalized spacial score (nSPS) is 17.9. The molecule has 25 heavy (non-hydrogen) atoms. The Kier molecular flexibility index (Phi) is 4.97. The van der Waals surface area contributed by atoms with Crippen LogP contribution in [0.15, 0.2) is 36.5 Å². The predicted octanol–water partition coefficient (Wildman–Crippen LogP) is 3.65. The third-order valence-electron chi connectivity index (χ3n) is 3.82. The van der Waals surface area contributed by atoms with Gasteiger partial charge in [0.1, 0.15) is 18.2 Å². The Labute approximate surface area is 146 Å². The largest absolute Gasteiger partial charge is 0.493 e. The van der Waals surface area contributed by atoms with E-state index >= 15 is 0 Å². The molecule has 0 fully saturated rings. The van der Waals surface area contributed by atoms with Gasteiger partial charge in [-0.1, -0.05) is 0 Å². The first-order valence-electron chi connectivity index (χ1n) is 8.15. The lowest BCUT2D eigenvalue weighted by Crippen LogP contribution is -2.27. The number of rotatable bonds is 4. The Hall–Kier alpha value is -2.89. The van der Waals surface area contributed by atoms with Crippen molar-refractivity contribution in [1.29, 1.82) is 5.41 Å². The first-order chi connectivity index (χ1) is 12.1. The molecule has 1 aliphatic heterocycles. The highest BCUT2D eigenvalue weighted by atomic mass is 19.1. The van der Waals surface area contributed by atoms with E-state index in [0.29, 0.717) is 30.4 Å². The quantitative estimate of drug-likeness (QED) is 0.833. The number of fused-ring (bicyclic) bond motifs is 1. The zero-order valence-corrected chi connectivity index (χ0v) is 14.2. The van der Waals surface area contributed by atoms with Crippen molar-refractivity contribution in [1.82, 2.24) is 10.3 Å². The number of hydrogen-bond donors (Lipinski definition) is 2. The predicted molar refractivity (Wildman–Crippen MR) is 95.7 cm³/mol. The molecule has 3 rings (SSSR count). The molecule has 1 unspecified atom stereocenters. The Morgan fingerprint density at radius 1 is 1.40 bits per heavy atom. The monoisotopic (exact) mass is 341 g/mol. The van der Waals surface area contributed by atoms with Crippen molar-refractivity contribution in [2.75, 3.05) is 13.2 Å². The minimum Gasteiger partial charge on any atom is -0.493 e. The van der Waals surface area contributed by atoms with E-state index < -0.39 is 0 Å². The lowest BCUT2D eigenvalue weighted by molar-refractivity contribution is 0.282. The first-order valence-corrected chi connectivity index (χ1v) is 8.15. The lowest BCUT2D eigenvalue weighted by atomic mass is 10.0. The van der Waals surface area contributed by atoms with Gasteiger partial charge >= 0.3 is 0 Å². The van der Waals surface area contributed by atoms with Crippen LogP contribution in [0.4, 0.5) is 4.39 Å². The van der Waals surface area contributed by atoms with Gasteiger partial charge in [-0.25, -0.2) is 9.37 Å². The van der Waals surface area contributed by atoms with Gasteiger partial charge in [-0.15, -0.1) is 0 Å².